The van der Waals surface area contributed by atoms with Crippen molar-refractivity contribution in [1.29, 1.82) is 0 Å². The highest BCUT2D eigenvalue weighted by atomic mass is 16.5. The molecule has 0 bridgehead atoms. The van der Waals surface area contributed by atoms with Crippen molar-refractivity contribution in [2.75, 3.05) is 26.3 Å². The number of carbonyl (C=O) groups is 1. The molecular weight excluding hydrogens is 360 g/mol. The van der Waals surface area contributed by atoms with E-state index < -0.39 is 0 Å². The maximum absolute atomic E-state index is 13.2. The van der Waals surface area contributed by atoms with E-state index in [0.717, 1.165) is 32.6 Å². The third-order valence-corrected chi connectivity index (χ3v) is 6.62. The Hall–Kier alpha value is -2.33. The highest BCUT2D eigenvalue weighted by molar-refractivity contribution is 5.74. The number of hydrogen-bond donors (Lipinski definition) is 1. The number of urea groups is 1. The first-order chi connectivity index (χ1) is 14.3. The molecule has 1 heterocycles. The molecule has 1 aliphatic carbocycles. The van der Waals surface area contributed by atoms with E-state index in [-0.39, 0.29) is 11.4 Å². The second-order valence-electron chi connectivity index (χ2n) is 8.58. The van der Waals surface area contributed by atoms with E-state index in [0.29, 0.717) is 19.0 Å². The van der Waals surface area contributed by atoms with Crippen molar-refractivity contribution in [1.82, 2.24) is 10.2 Å². The van der Waals surface area contributed by atoms with E-state index in [1.165, 1.54) is 30.4 Å². The van der Waals surface area contributed by atoms with Crippen LogP contribution in [0.1, 0.15) is 43.2 Å². The SMILES string of the molecule is O=C(NCC1(c2ccccc2)CCOCC1)N(Cc1ccccc1)CC1CCC1. The predicted molar refractivity (Wildman–Crippen MR) is 116 cm³/mol. The molecule has 0 aromatic heterocycles. The third-order valence-electron chi connectivity index (χ3n) is 6.62. The van der Waals surface area contributed by atoms with Crippen LogP contribution in [-0.2, 0) is 16.7 Å². The second kappa shape index (κ2) is 9.45. The summed E-state index contributed by atoms with van der Waals surface area (Å²) in [5.41, 5.74) is 2.45. The molecule has 2 aromatic rings. The first-order valence-corrected chi connectivity index (χ1v) is 11.0. The lowest BCUT2D eigenvalue weighted by Crippen LogP contribution is -2.49. The van der Waals surface area contributed by atoms with Crippen molar-refractivity contribution in [3.8, 4) is 0 Å². The summed E-state index contributed by atoms with van der Waals surface area (Å²) in [6.45, 7) is 3.68. The summed E-state index contributed by atoms with van der Waals surface area (Å²) in [7, 11) is 0. The lowest BCUT2D eigenvalue weighted by atomic mass is 9.74. The van der Waals surface area contributed by atoms with Crippen molar-refractivity contribution >= 4 is 6.03 Å². The number of carbonyl (C=O) groups excluding carboxylic acids is 1. The number of benzene rings is 2. The summed E-state index contributed by atoms with van der Waals surface area (Å²) in [5.74, 6) is 0.649. The lowest BCUT2D eigenvalue weighted by molar-refractivity contribution is 0.0499. The summed E-state index contributed by atoms with van der Waals surface area (Å²) in [5, 5.41) is 3.30. The fourth-order valence-corrected chi connectivity index (χ4v) is 4.49. The van der Waals surface area contributed by atoms with Gasteiger partial charge in [0, 0.05) is 38.3 Å². The van der Waals surface area contributed by atoms with Crippen LogP contribution in [-0.4, -0.2) is 37.2 Å². The number of nitrogens with zero attached hydrogens (tertiary/aromatic N) is 1. The molecular formula is C25H32N2O2. The third kappa shape index (κ3) is 4.99. The first kappa shape index (κ1) is 20.0. The molecule has 1 saturated heterocycles. The maximum Gasteiger partial charge on any atom is 0.317 e. The highest BCUT2D eigenvalue weighted by Gasteiger charge is 2.35. The minimum absolute atomic E-state index is 0.0376. The molecule has 2 amide bonds. The molecule has 154 valence electrons. The number of nitrogens with one attached hydrogen (secondary N) is 1. The van der Waals surface area contributed by atoms with Crippen molar-refractivity contribution in [2.45, 2.75) is 44.1 Å². The van der Waals surface area contributed by atoms with Gasteiger partial charge in [0.1, 0.15) is 0 Å². The van der Waals surface area contributed by atoms with Gasteiger partial charge in [-0.2, -0.15) is 0 Å². The van der Waals surface area contributed by atoms with E-state index in [9.17, 15) is 4.79 Å². The molecule has 2 fully saturated rings. The van der Waals surface area contributed by atoms with Gasteiger partial charge < -0.3 is 15.0 Å². The zero-order valence-electron chi connectivity index (χ0n) is 17.2. The zero-order valence-corrected chi connectivity index (χ0v) is 17.2. The number of rotatable bonds is 7. The Morgan fingerprint density at radius 1 is 1.00 bits per heavy atom. The Morgan fingerprint density at radius 2 is 1.66 bits per heavy atom. The molecule has 4 rings (SSSR count). The predicted octanol–water partition coefficient (Wildman–Crippen LogP) is 4.75. The molecule has 0 radical (unpaired) electrons. The van der Waals surface area contributed by atoms with E-state index >= 15 is 0 Å². The fraction of sp³-hybridized carbons (Fsp3) is 0.480. The Bertz CT molecular complexity index is 768. The van der Waals surface area contributed by atoms with Crippen LogP contribution >= 0.6 is 0 Å². The molecule has 1 N–H and O–H groups in total. The van der Waals surface area contributed by atoms with Crippen LogP contribution < -0.4 is 5.32 Å². The van der Waals surface area contributed by atoms with Crippen molar-refractivity contribution in [3.63, 3.8) is 0 Å². The van der Waals surface area contributed by atoms with Gasteiger partial charge in [-0.3, -0.25) is 0 Å². The topological polar surface area (TPSA) is 41.6 Å². The molecule has 4 nitrogen and oxygen atoms in total. The molecule has 0 atom stereocenters. The normalized spacial score (nSPS) is 18.6. The van der Waals surface area contributed by atoms with E-state index in [4.69, 9.17) is 4.74 Å². The van der Waals surface area contributed by atoms with Gasteiger partial charge in [0.15, 0.2) is 0 Å². The average molecular weight is 393 g/mol. The van der Waals surface area contributed by atoms with E-state index in [2.05, 4.69) is 47.8 Å². The van der Waals surface area contributed by atoms with Gasteiger partial charge in [-0.05, 0) is 42.7 Å². The summed E-state index contributed by atoms with van der Waals surface area (Å²) in [6, 6.07) is 21.0. The molecule has 2 aromatic carbocycles. The van der Waals surface area contributed by atoms with Crippen LogP contribution in [0.15, 0.2) is 60.7 Å². The largest absolute Gasteiger partial charge is 0.381 e. The van der Waals surface area contributed by atoms with Crippen molar-refractivity contribution in [2.24, 2.45) is 5.92 Å². The van der Waals surface area contributed by atoms with Crippen LogP contribution in [0.2, 0.25) is 0 Å². The van der Waals surface area contributed by atoms with Gasteiger partial charge >= 0.3 is 6.03 Å². The van der Waals surface area contributed by atoms with Crippen LogP contribution in [0.5, 0.6) is 0 Å². The number of hydrogen-bond acceptors (Lipinski definition) is 2. The standard InChI is InChI=1S/C25H32N2O2/c28-24(27(19-22-10-7-11-22)18-21-8-3-1-4-9-21)26-20-25(14-16-29-17-15-25)23-12-5-2-6-13-23/h1-6,8-9,12-13,22H,7,10-11,14-20H2,(H,26,28). The Balaban J connectivity index is 1.45. The molecule has 0 spiro atoms. The maximum atomic E-state index is 13.2. The highest BCUT2D eigenvalue weighted by Crippen LogP contribution is 2.34. The van der Waals surface area contributed by atoms with Crippen LogP contribution in [0, 0.1) is 5.92 Å². The van der Waals surface area contributed by atoms with Crippen LogP contribution in [0.4, 0.5) is 4.79 Å². The monoisotopic (exact) mass is 392 g/mol. The molecule has 2 aliphatic rings. The number of amides is 2. The van der Waals surface area contributed by atoms with Crippen LogP contribution in [0.25, 0.3) is 0 Å². The zero-order chi connectivity index (χ0) is 19.9. The molecule has 1 aliphatic heterocycles. The lowest BCUT2D eigenvalue weighted by Gasteiger charge is -2.39. The molecule has 0 unspecified atom stereocenters. The quantitative estimate of drug-likeness (QED) is 0.739. The summed E-state index contributed by atoms with van der Waals surface area (Å²) in [4.78, 5) is 15.2. The van der Waals surface area contributed by atoms with Gasteiger partial charge in [0.25, 0.3) is 0 Å². The van der Waals surface area contributed by atoms with Gasteiger partial charge in [-0.1, -0.05) is 67.1 Å². The average Bonchev–Trinajstić information content (AvgIpc) is 2.75. The second-order valence-corrected chi connectivity index (χ2v) is 8.58. The van der Waals surface area contributed by atoms with E-state index in [1.807, 2.05) is 23.1 Å². The first-order valence-electron chi connectivity index (χ1n) is 11.0. The summed E-state index contributed by atoms with van der Waals surface area (Å²) in [6.07, 6.45) is 5.66. The van der Waals surface area contributed by atoms with Crippen molar-refractivity contribution in [3.05, 3.63) is 71.8 Å². The van der Waals surface area contributed by atoms with Gasteiger partial charge in [0.2, 0.25) is 0 Å². The molecule has 4 heteroatoms. The molecule has 29 heavy (non-hydrogen) atoms. The summed E-state index contributed by atoms with van der Waals surface area (Å²) < 4.78 is 5.63. The minimum atomic E-state index is -0.0376. The Morgan fingerprint density at radius 3 is 2.28 bits per heavy atom. The summed E-state index contributed by atoms with van der Waals surface area (Å²) >= 11 is 0. The molecule has 1 saturated carbocycles. The van der Waals surface area contributed by atoms with Crippen LogP contribution in [0.3, 0.4) is 0 Å². The van der Waals surface area contributed by atoms with E-state index in [1.54, 1.807) is 0 Å². The van der Waals surface area contributed by atoms with Gasteiger partial charge in [0.05, 0.1) is 0 Å². The fourth-order valence-electron chi connectivity index (χ4n) is 4.49. The Kier molecular flexibility index (Phi) is 6.50. The smallest absolute Gasteiger partial charge is 0.317 e. The minimum Gasteiger partial charge on any atom is -0.381 e. The van der Waals surface area contributed by atoms with Gasteiger partial charge in [-0.25, -0.2) is 4.79 Å². The van der Waals surface area contributed by atoms with Crippen molar-refractivity contribution < 1.29 is 9.53 Å². The number of ether oxygens (including phenoxy) is 1. The Labute approximate surface area is 174 Å². The van der Waals surface area contributed by atoms with Gasteiger partial charge in [-0.15, -0.1) is 0 Å².